The Kier molecular flexibility index (Phi) is 8.50. The Morgan fingerprint density at radius 1 is 1.40 bits per heavy atom. The SMILES string of the molecule is C=C/C(Cl)=C\CC(=C)CCC(C)CCC. The fourth-order valence-corrected chi connectivity index (χ4v) is 1.59. The second-order valence-electron chi connectivity index (χ2n) is 4.18. The van der Waals surface area contributed by atoms with Crippen molar-refractivity contribution in [3.8, 4) is 0 Å². The fourth-order valence-electron chi connectivity index (χ4n) is 1.51. The summed E-state index contributed by atoms with van der Waals surface area (Å²) < 4.78 is 0. The first-order valence-electron chi connectivity index (χ1n) is 5.74. The molecular formula is C14H23Cl. The Hall–Kier alpha value is -0.490. The Morgan fingerprint density at radius 2 is 2.07 bits per heavy atom. The van der Waals surface area contributed by atoms with Crippen LogP contribution in [0.2, 0.25) is 0 Å². The number of allylic oxidation sites excluding steroid dienone is 4. The van der Waals surface area contributed by atoms with Crippen molar-refractivity contribution in [2.45, 2.75) is 46.0 Å². The smallest absolute Gasteiger partial charge is 0.0363 e. The van der Waals surface area contributed by atoms with Crippen molar-refractivity contribution in [3.05, 3.63) is 35.9 Å². The third-order valence-corrected chi connectivity index (χ3v) is 2.86. The topological polar surface area (TPSA) is 0 Å². The highest BCUT2D eigenvalue weighted by Gasteiger charge is 2.01. The number of halogens is 1. The van der Waals surface area contributed by atoms with Crippen molar-refractivity contribution >= 4 is 11.6 Å². The molecule has 0 aliphatic rings. The van der Waals surface area contributed by atoms with Gasteiger partial charge in [-0.25, -0.2) is 0 Å². The molecular weight excluding hydrogens is 204 g/mol. The summed E-state index contributed by atoms with van der Waals surface area (Å²) in [5.41, 5.74) is 1.26. The molecule has 0 rings (SSSR count). The van der Waals surface area contributed by atoms with E-state index in [9.17, 15) is 0 Å². The van der Waals surface area contributed by atoms with Crippen LogP contribution in [0.25, 0.3) is 0 Å². The monoisotopic (exact) mass is 226 g/mol. The van der Waals surface area contributed by atoms with Crippen molar-refractivity contribution in [2.75, 3.05) is 0 Å². The molecule has 86 valence electrons. The average Bonchev–Trinajstić information content (AvgIpc) is 2.23. The summed E-state index contributed by atoms with van der Waals surface area (Å²) in [5, 5.41) is 0.720. The average molecular weight is 227 g/mol. The maximum Gasteiger partial charge on any atom is 0.0363 e. The van der Waals surface area contributed by atoms with Crippen molar-refractivity contribution in [3.63, 3.8) is 0 Å². The second-order valence-corrected chi connectivity index (χ2v) is 4.62. The molecule has 0 aliphatic heterocycles. The molecule has 0 nitrogen and oxygen atoms in total. The van der Waals surface area contributed by atoms with Crippen molar-refractivity contribution in [2.24, 2.45) is 5.92 Å². The standard InChI is InChI=1S/C14H23Cl/c1-5-7-12(3)8-9-13(4)10-11-14(15)6-2/h6,11-12H,2,4-5,7-10H2,1,3H3/b14-11+. The van der Waals surface area contributed by atoms with E-state index in [4.69, 9.17) is 11.6 Å². The van der Waals surface area contributed by atoms with Crippen LogP contribution in [0.4, 0.5) is 0 Å². The highest BCUT2D eigenvalue weighted by molar-refractivity contribution is 6.31. The molecule has 0 bridgehead atoms. The molecule has 0 N–H and O–H groups in total. The zero-order valence-corrected chi connectivity index (χ0v) is 10.8. The van der Waals surface area contributed by atoms with Gasteiger partial charge in [-0.05, 0) is 25.2 Å². The first-order chi connectivity index (χ1) is 7.10. The minimum absolute atomic E-state index is 0.720. The van der Waals surface area contributed by atoms with Gasteiger partial charge in [-0.15, -0.1) is 0 Å². The maximum atomic E-state index is 5.82. The van der Waals surface area contributed by atoms with E-state index in [0.717, 1.165) is 23.8 Å². The van der Waals surface area contributed by atoms with Crippen LogP contribution in [-0.4, -0.2) is 0 Å². The minimum Gasteiger partial charge on any atom is -0.0995 e. The van der Waals surface area contributed by atoms with Crippen molar-refractivity contribution in [1.29, 1.82) is 0 Å². The predicted octanol–water partition coefficient (Wildman–Crippen LogP) is 5.46. The van der Waals surface area contributed by atoms with Crippen molar-refractivity contribution in [1.82, 2.24) is 0 Å². The zero-order chi connectivity index (χ0) is 11.7. The Bertz CT molecular complexity index is 225. The number of hydrogen-bond donors (Lipinski definition) is 0. The molecule has 0 aromatic carbocycles. The zero-order valence-electron chi connectivity index (χ0n) is 10.1. The number of rotatable bonds is 8. The molecule has 0 spiro atoms. The van der Waals surface area contributed by atoms with Gasteiger partial charge in [0.15, 0.2) is 0 Å². The molecule has 0 fully saturated rings. The normalized spacial score (nSPS) is 13.7. The summed E-state index contributed by atoms with van der Waals surface area (Å²) in [6.45, 7) is 12.2. The van der Waals surface area contributed by atoms with E-state index in [1.54, 1.807) is 6.08 Å². The van der Waals surface area contributed by atoms with E-state index in [2.05, 4.69) is 27.0 Å². The molecule has 1 heteroatoms. The van der Waals surface area contributed by atoms with Gasteiger partial charge in [0, 0.05) is 5.03 Å². The van der Waals surface area contributed by atoms with E-state index in [-0.39, 0.29) is 0 Å². The molecule has 0 aromatic rings. The van der Waals surface area contributed by atoms with Gasteiger partial charge in [-0.1, -0.05) is 69.2 Å². The maximum absolute atomic E-state index is 5.82. The Balaban J connectivity index is 3.71. The third-order valence-electron chi connectivity index (χ3n) is 2.55. The Morgan fingerprint density at radius 3 is 2.60 bits per heavy atom. The molecule has 0 radical (unpaired) electrons. The molecule has 1 unspecified atom stereocenters. The van der Waals surface area contributed by atoms with Crippen LogP contribution >= 0.6 is 11.6 Å². The summed E-state index contributed by atoms with van der Waals surface area (Å²) in [4.78, 5) is 0. The van der Waals surface area contributed by atoms with Crippen LogP contribution in [0.3, 0.4) is 0 Å². The first kappa shape index (κ1) is 14.5. The van der Waals surface area contributed by atoms with E-state index in [1.165, 1.54) is 24.8 Å². The molecule has 0 aromatic heterocycles. The molecule has 0 amide bonds. The van der Waals surface area contributed by atoms with Crippen LogP contribution in [0.5, 0.6) is 0 Å². The van der Waals surface area contributed by atoms with E-state index >= 15 is 0 Å². The summed E-state index contributed by atoms with van der Waals surface area (Å²) in [7, 11) is 0. The highest BCUT2D eigenvalue weighted by Crippen LogP contribution is 2.18. The summed E-state index contributed by atoms with van der Waals surface area (Å²) in [5.74, 6) is 0.811. The van der Waals surface area contributed by atoms with Gasteiger partial charge in [-0.2, -0.15) is 0 Å². The first-order valence-corrected chi connectivity index (χ1v) is 6.12. The molecule has 0 heterocycles. The van der Waals surface area contributed by atoms with Gasteiger partial charge in [0.1, 0.15) is 0 Å². The molecule has 1 atom stereocenters. The van der Waals surface area contributed by atoms with E-state index in [0.29, 0.717) is 0 Å². The van der Waals surface area contributed by atoms with Gasteiger partial charge in [0.2, 0.25) is 0 Å². The fraction of sp³-hybridized carbons (Fsp3) is 0.571. The predicted molar refractivity (Wildman–Crippen MR) is 71.2 cm³/mol. The van der Waals surface area contributed by atoms with Gasteiger partial charge in [0.05, 0.1) is 0 Å². The minimum atomic E-state index is 0.720. The number of hydrogen-bond acceptors (Lipinski definition) is 0. The molecule has 15 heavy (non-hydrogen) atoms. The summed E-state index contributed by atoms with van der Waals surface area (Å²) >= 11 is 5.82. The van der Waals surface area contributed by atoms with Crippen LogP contribution in [0.15, 0.2) is 35.9 Å². The van der Waals surface area contributed by atoms with Gasteiger partial charge >= 0.3 is 0 Å². The van der Waals surface area contributed by atoms with Crippen LogP contribution in [0, 0.1) is 5.92 Å². The van der Waals surface area contributed by atoms with Crippen LogP contribution in [-0.2, 0) is 0 Å². The van der Waals surface area contributed by atoms with Crippen LogP contribution in [0.1, 0.15) is 46.0 Å². The lowest BCUT2D eigenvalue weighted by molar-refractivity contribution is 0.484. The molecule has 0 saturated carbocycles. The third kappa shape index (κ3) is 8.50. The van der Waals surface area contributed by atoms with Crippen molar-refractivity contribution < 1.29 is 0 Å². The second kappa shape index (κ2) is 8.79. The molecule has 0 saturated heterocycles. The summed E-state index contributed by atoms with van der Waals surface area (Å²) in [6.07, 6.45) is 9.46. The van der Waals surface area contributed by atoms with E-state index < -0.39 is 0 Å². The quantitative estimate of drug-likeness (QED) is 0.381. The van der Waals surface area contributed by atoms with Gasteiger partial charge in [0.25, 0.3) is 0 Å². The lowest BCUT2D eigenvalue weighted by atomic mass is 9.96. The van der Waals surface area contributed by atoms with Gasteiger partial charge < -0.3 is 0 Å². The summed E-state index contributed by atoms with van der Waals surface area (Å²) in [6, 6.07) is 0. The lowest BCUT2D eigenvalue weighted by Crippen LogP contribution is -1.94. The lowest BCUT2D eigenvalue weighted by Gasteiger charge is -2.10. The largest absolute Gasteiger partial charge is 0.0995 e. The van der Waals surface area contributed by atoms with E-state index in [1.807, 2.05) is 6.08 Å². The molecule has 0 aliphatic carbocycles. The Labute approximate surface area is 99.7 Å². The van der Waals surface area contributed by atoms with Crippen LogP contribution < -0.4 is 0 Å². The highest BCUT2D eigenvalue weighted by atomic mass is 35.5. The van der Waals surface area contributed by atoms with Gasteiger partial charge in [-0.3, -0.25) is 0 Å².